The van der Waals surface area contributed by atoms with Gasteiger partial charge in [0.1, 0.15) is 5.82 Å². The van der Waals surface area contributed by atoms with Gasteiger partial charge >= 0.3 is 0 Å². The largest absolute Gasteiger partial charge is 0.340 e. The van der Waals surface area contributed by atoms with Gasteiger partial charge in [0.25, 0.3) is 0 Å². The number of aromatic amines is 1. The van der Waals surface area contributed by atoms with E-state index < -0.39 is 0 Å². The number of imidazole rings is 1. The minimum atomic E-state index is -0.317. The molecule has 0 spiro atoms. The van der Waals surface area contributed by atoms with E-state index in [4.69, 9.17) is 5.73 Å². The Hall–Kier alpha value is -1.61. The molecule has 1 saturated carbocycles. The average molecular weight is 241 g/mol. The first-order chi connectivity index (χ1) is 8.57. The predicted molar refractivity (Wildman–Crippen MR) is 73.0 cm³/mol. The zero-order chi connectivity index (χ0) is 12.8. The van der Waals surface area contributed by atoms with E-state index in [-0.39, 0.29) is 5.54 Å². The molecule has 0 radical (unpaired) electrons. The van der Waals surface area contributed by atoms with Crippen molar-refractivity contribution in [2.24, 2.45) is 11.7 Å². The van der Waals surface area contributed by atoms with Crippen molar-refractivity contribution < 1.29 is 0 Å². The van der Waals surface area contributed by atoms with Crippen LogP contribution in [0.4, 0.5) is 0 Å². The number of nitrogens with one attached hydrogen (secondary N) is 1. The van der Waals surface area contributed by atoms with E-state index in [2.05, 4.69) is 48.1 Å². The highest BCUT2D eigenvalue weighted by Gasteiger charge is 2.41. The molecule has 1 unspecified atom stereocenters. The molecule has 1 heterocycles. The van der Waals surface area contributed by atoms with Gasteiger partial charge in [-0.3, -0.25) is 0 Å². The number of benzene rings is 1. The Balaban J connectivity index is 1.91. The van der Waals surface area contributed by atoms with Crippen molar-refractivity contribution in [2.45, 2.75) is 32.2 Å². The molecule has 3 nitrogen and oxygen atoms in total. The van der Waals surface area contributed by atoms with Gasteiger partial charge in [-0.05, 0) is 38.2 Å². The van der Waals surface area contributed by atoms with Crippen LogP contribution in [-0.2, 0) is 5.54 Å². The van der Waals surface area contributed by atoms with E-state index in [0.29, 0.717) is 5.92 Å². The Bertz CT molecular complexity index is 547. The molecule has 3 heteroatoms. The second kappa shape index (κ2) is 3.95. The third-order valence-electron chi connectivity index (χ3n) is 3.87. The maximum absolute atomic E-state index is 6.37. The van der Waals surface area contributed by atoms with Gasteiger partial charge in [-0.1, -0.05) is 29.8 Å². The van der Waals surface area contributed by atoms with Crippen molar-refractivity contribution in [1.82, 2.24) is 9.97 Å². The SMILES string of the molecule is Cc1ccc(-c2cnc(C(C)(N)C3CC3)[nH]2)cc1. The highest BCUT2D eigenvalue weighted by molar-refractivity contribution is 5.59. The summed E-state index contributed by atoms with van der Waals surface area (Å²) in [5.74, 6) is 1.48. The first-order valence-corrected chi connectivity index (χ1v) is 6.49. The Labute approximate surface area is 107 Å². The summed E-state index contributed by atoms with van der Waals surface area (Å²) in [4.78, 5) is 7.84. The smallest absolute Gasteiger partial charge is 0.126 e. The molecule has 0 aliphatic heterocycles. The normalized spacial score (nSPS) is 18.6. The van der Waals surface area contributed by atoms with Gasteiger partial charge in [0.2, 0.25) is 0 Å². The number of aromatic nitrogens is 2. The van der Waals surface area contributed by atoms with E-state index >= 15 is 0 Å². The van der Waals surface area contributed by atoms with Gasteiger partial charge in [0, 0.05) is 0 Å². The molecular weight excluding hydrogens is 222 g/mol. The van der Waals surface area contributed by atoms with Crippen LogP contribution in [0, 0.1) is 12.8 Å². The number of hydrogen-bond donors (Lipinski definition) is 2. The zero-order valence-corrected chi connectivity index (χ0v) is 10.9. The fourth-order valence-corrected chi connectivity index (χ4v) is 2.35. The number of hydrogen-bond acceptors (Lipinski definition) is 2. The Morgan fingerprint density at radius 2 is 1.94 bits per heavy atom. The van der Waals surface area contributed by atoms with E-state index in [1.807, 2.05) is 6.20 Å². The lowest BCUT2D eigenvalue weighted by Crippen LogP contribution is -2.36. The second-order valence-electron chi connectivity index (χ2n) is 5.57. The highest BCUT2D eigenvalue weighted by Crippen LogP contribution is 2.43. The van der Waals surface area contributed by atoms with E-state index in [1.54, 1.807) is 0 Å². The quantitative estimate of drug-likeness (QED) is 0.868. The molecule has 18 heavy (non-hydrogen) atoms. The fraction of sp³-hybridized carbons (Fsp3) is 0.400. The maximum Gasteiger partial charge on any atom is 0.126 e. The number of aryl methyl sites for hydroxylation is 1. The Morgan fingerprint density at radius 3 is 2.56 bits per heavy atom. The minimum Gasteiger partial charge on any atom is -0.340 e. The van der Waals surface area contributed by atoms with Crippen molar-refractivity contribution in [3.8, 4) is 11.3 Å². The molecule has 1 atom stereocenters. The minimum absolute atomic E-state index is 0.317. The van der Waals surface area contributed by atoms with Crippen LogP contribution in [0.1, 0.15) is 31.2 Å². The molecule has 94 valence electrons. The van der Waals surface area contributed by atoms with Crippen LogP contribution in [0.2, 0.25) is 0 Å². The van der Waals surface area contributed by atoms with Gasteiger partial charge in [-0.15, -0.1) is 0 Å². The van der Waals surface area contributed by atoms with Crippen LogP contribution in [-0.4, -0.2) is 9.97 Å². The first-order valence-electron chi connectivity index (χ1n) is 6.49. The molecule has 1 aromatic carbocycles. The lowest BCUT2D eigenvalue weighted by atomic mass is 9.97. The predicted octanol–water partition coefficient (Wildman–Crippen LogP) is 2.97. The molecule has 1 aliphatic rings. The lowest BCUT2D eigenvalue weighted by Gasteiger charge is -2.21. The summed E-state index contributed by atoms with van der Waals surface area (Å²) >= 11 is 0. The number of nitrogens with zero attached hydrogens (tertiary/aromatic N) is 1. The standard InChI is InChI=1S/C15H19N3/c1-10-3-5-11(6-4-10)13-9-17-14(18-13)15(2,16)12-7-8-12/h3-6,9,12H,7-8,16H2,1-2H3,(H,17,18). The van der Waals surface area contributed by atoms with Gasteiger partial charge in [0.15, 0.2) is 0 Å². The van der Waals surface area contributed by atoms with Crippen LogP contribution >= 0.6 is 0 Å². The van der Waals surface area contributed by atoms with Crippen LogP contribution in [0.3, 0.4) is 0 Å². The molecule has 0 amide bonds. The summed E-state index contributed by atoms with van der Waals surface area (Å²) in [5.41, 5.74) is 9.51. The van der Waals surface area contributed by atoms with Crippen LogP contribution in [0.15, 0.2) is 30.5 Å². The molecule has 0 saturated heterocycles. The second-order valence-corrected chi connectivity index (χ2v) is 5.57. The van der Waals surface area contributed by atoms with Gasteiger partial charge in [-0.25, -0.2) is 4.98 Å². The van der Waals surface area contributed by atoms with E-state index in [1.165, 1.54) is 18.4 Å². The number of nitrogens with two attached hydrogens (primary N) is 1. The molecule has 1 aromatic heterocycles. The summed E-state index contributed by atoms with van der Waals surface area (Å²) in [7, 11) is 0. The molecule has 1 aliphatic carbocycles. The van der Waals surface area contributed by atoms with Crippen molar-refractivity contribution >= 4 is 0 Å². The van der Waals surface area contributed by atoms with Crippen LogP contribution < -0.4 is 5.73 Å². The Morgan fingerprint density at radius 1 is 1.28 bits per heavy atom. The third-order valence-corrected chi connectivity index (χ3v) is 3.87. The van der Waals surface area contributed by atoms with Crippen molar-refractivity contribution in [1.29, 1.82) is 0 Å². The summed E-state index contributed by atoms with van der Waals surface area (Å²) in [6.45, 7) is 4.16. The van der Waals surface area contributed by atoms with E-state index in [9.17, 15) is 0 Å². The average Bonchev–Trinajstić information content (AvgIpc) is 3.09. The molecule has 3 N–H and O–H groups in total. The monoisotopic (exact) mass is 241 g/mol. The summed E-state index contributed by atoms with van der Waals surface area (Å²) in [6, 6.07) is 8.44. The summed E-state index contributed by atoms with van der Waals surface area (Å²) < 4.78 is 0. The summed E-state index contributed by atoms with van der Waals surface area (Å²) in [6.07, 6.45) is 4.31. The van der Waals surface area contributed by atoms with Crippen molar-refractivity contribution in [3.05, 3.63) is 41.9 Å². The summed E-state index contributed by atoms with van der Waals surface area (Å²) in [5, 5.41) is 0. The third kappa shape index (κ3) is 1.95. The molecule has 1 fully saturated rings. The van der Waals surface area contributed by atoms with Crippen LogP contribution in [0.5, 0.6) is 0 Å². The number of rotatable bonds is 3. The molecule has 3 rings (SSSR count). The molecular formula is C15H19N3. The van der Waals surface area contributed by atoms with Crippen LogP contribution in [0.25, 0.3) is 11.3 Å². The number of H-pyrrole nitrogens is 1. The van der Waals surface area contributed by atoms with E-state index in [0.717, 1.165) is 17.1 Å². The fourth-order valence-electron chi connectivity index (χ4n) is 2.35. The van der Waals surface area contributed by atoms with Crippen molar-refractivity contribution in [2.75, 3.05) is 0 Å². The molecule has 2 aromatic rings. The maximum atomic E-state index is 6.37. The van der Waals surface area contributed by atoms with Gasteiger partial charge in [-0.2, -0.15) is 0 Å². The zero-order valence-electron chi connectivity index (χ0n) is 10.9. The highest BCUT2D eigenvalue weighted by atomic mass is 15.0. The topological polar surface area (TPSA) is 54.7 Å². The van der Waals surface area contributed by atoms with Gasteiger partial charge < -0.3 is 10.7 Å². The molecule has 0 bridgehead atoms. The van der Waals surface area contributed by atoms with Crippen molar-refractivity contribution in [3.63, 3.8) is 0 Å². The lowest BCUT2D eigenvalue weighted by molar-refractivity contribution is 0.404. The van der Waals surface area contributed by atoms with Gasteiger partial charge in [0.05, 0.1) is 17.4 Å². The first kappa shape index (κ1) is 11.5. The Kier molecular flexibility index (Phi) is 2.52.